The van der Waals surface area contributed by atoms with Crippen molar-refractivity contribution in [2.75, 3.05) is 0 Å². The van der Waals surface area contributed by atoms with E-state index in [9.17, 15) is 0 Å². The molecule has 0 aromatic heterocycles. The molecule has 3 aliphatic rings. The molecule has 0 nitrogen and oxygen atoms in total. The Balaban J connectivity index is 2.13. The molecule has 17 heavy (non-hydrogen) atoms. The summed E-state index contributed by atoms with van der Waals surface area (Å²) in [6.45, 7) is 6.77. The van der Waals surface area contributed by atoms with Crippen molar-refractivity contribution in [3.8, 4) is 0 Å². The average Bonchev–Trinajstić information content (AvgIpc) is 2.33. The van der Waals surface area contributed by atoms with Crippen LogP contribution in [0.25, 0.3) is 0 Å². The number of fused-ring (bicyclic) bond motifs is 2. The Morgan fingerprint density at radius 1 is 1.00 bits per heavy atom. The van der Waals surface area contributed by atoms with Crippen molar-refractivity contribution in [1.82, 2.24) is 0 Å². The van der Waals surface area contributed by atoms with Gasteiger partial charge in [-0.25, -0.2) is 0 Å². The molecule has 0 aromatic rings. The van der Waals surface area contributed by atoms with E-state index in [1.165, 1.54) is 35.5 Å². The SMILES string of the molecule is CC1=C[C]2CCC3=C(C)C(C)C=CC3=C2C=C1. The first-order chi connectivity index (χ1) is 8.16. The van der Waals surface area contributed by atoms with E-state index in [2.05, 4.69) is 51.2 Å². The topological polar surface area (TPSA) is 0 Å². The molecule has 3 aliphatic carbocycles. The van der Waals surface area contributed by atoms with Gasteiger partial charge in [0.15, 0.2) is 0 Å². The van der Waals surface area contributed by atoms with Crippen LogP contribution < -0.4 is 0 Å². The molecule has 0 heterocycles. The van der Waals surface area contributed by atoms with Crippen LogP contribution in [0.5, 0.6) is 0 Å². The molecule has 0 bridgehead atoms. The molecule has 3 rings (SSSR count). The molecule has 0 aromatic carbocycles. The minimum Gasteiger partial charge on any atom is -0.0770 e. The second-order valence-corrected chi connectivity index (χ2v) is 5.38. The summed E-state index contributed by atoms with van der Waals surface area (Å²) in [7, 11) is 0. The summed E-state index contributed by atoms with van der Waals surface area (Å²) in [5, 5.41) is 0. The first-order valence-corrected chi connectivity index (χ1v) is 6.52. The fraction of sp³-hybridized carbons (Fsp3) is 0.353. The Morgan fingerprint density at radius 3 is 2.65 bits per heavy atom. The van der Waals surface area contributed by atoms with Crippen molar-refractivity contribution >= 4 is 0 Å². The lowest BCUT2D eigenvalue weighted by Gasteiger charge is -2.32. The van der Waals surface area contributed by atoms with Gasteiger partial charge >= 0.3 is 0 Å². The highest BCUT2D eigenvalue weighted by molar-refractivity contribution is 5.63. The third-order valence-corrected chi connectivity index (χ3v) is 4.23. The van der Waals surface area contributed by atoms with Crippen molar-refractivity contribution in [3.63, 3.8) is 0 Å². The maximum absolute atomic E-state index is 2.35. The smallest absolute Gasteiger partial charge is 0.0279 e. The maximum atomic E-state index is 2.35. The molecule has 0 amide bonds. The number of hydrogen-bond acceptors (Lipinski definition) is 0. The van der Waals surface area contributed by atoms with Crippen molar-refractivity contribution in [3.05, 3.63) is 64.2 Å². The van der Waals surface area contributed by atoms with E-state index in [0.29, 0.717) is 5.92 Å². The van der Waals surface area contributed by atoms with Crippen LogP contribution in [0.1, 0.15) is 33.6 Å². The Labute approximate surface area is 104 Å². The Kier molecular flexibility index (Phi) is 2.47. The van der Waals surface area contributed by atoms with E-state index < -0.39 is 0 Å². The van der Waals surface area contributed by atoms with Gasteiger partial charge in [0.1, 0.15) is 0 Å². The van der Waals surface area contributed by atoms with Gasteiger partial charge in [-0.15, -0.1) is 0 Å². The first kappa shape index (κ1) is 10.8. The third kappa shape index (κ3) is 1.67. The minimum atomic E-state index is 0.612. The molecular weight excluding hydrogens is 204 g/mol. The van der Waals surface area contributed by atoms with Crippen LogP contribution in [0, 0.1) is 11.8 Å². The summed E-state index contributed by atoms with van der Waals surface area (Å²) in [4.78, 5) is 0. The second-order valence-electron chi connectivity index (χ2n) is 5.38. The van der Waals surface area contributed by atoms with Crippen molar-refractivity contribution < 1.29 is 0 Å². The Bertz CT molecular complexity index is 506. The van der Waals surface area contributed by atoms with Gasteiger partial charge in [0.2, 0.25) is 0 Å². The molecule has 0 heteroatoms. The van der Waals surface area contributed by atoms with Crippen LogP contribution in [-0.2, 0) is 0 Å². The molecule has 0 saturated heterocycles. The summed E-state index contributed by atoms with van der Waals surface area (Å²) in [5.74, 6) is 2.14. The monoisotopic (exact) mass is 223 g/mol. The maximum Gasteiger partial charge on any atom is 0.0279 e. The fourth-order valence-corrected chi connectivity index (χ4v) is 3.01. The highest BCUT2D eigenvalue weighted by Gasteiger charge is 2.27. The van der Waals surface area contributed by atoms with E-state index in [4.69, 9.17) is 0 Å². The van der Waals surface area contributed by atoms with E-state index in [0.717, 1.165) is 0 Å². The van der Waals surface area contributed by atoms with Crippen LogP contribution in [0.3, 0.4) is 0 Å². The molecule has 0 fully saturated rings. The van der Waals surface area contributed by atoms with E-state index in [-0.39, 0.29) is 0 Å². The second kappa shape index (κ2) is 3.87. The molecule has 1 radical (unpaired) electrons. The predicted octanol–water partition coefficient (Wildman–Crippen LogP) is 4.69. The van der Waals surface area contributed by atoms with Crippen LogP contribution in [0.15, 0.2) is 58.2 Å². The van der Waals surface area contributed by atoms with E-state index in [1.54, 1.807) is 11.1 Å². The highest BCUT2D eigenvalue weighted by atomic mass is 14.3. The lowest BCUT2D eigenvalue weighted by Crippen LogP contribution is -2.15. The number of rotatable bonds is 0. The van der Waals surface area contributed by atoms with Crippen LogP contribution in [0.2, 0.25) is 0 Å². The number of hydrogen-bond donors (Lipinski definition) is 0. The molecule has 0 aliphatic heterocycles. The zero-order valence-corrected chi connectivity index (χ0v) is 10.9. The Morgan fingerprint density at radius 2 is 1.82 bits per heavy atom. The molecule has 0 saturated carbocycles. The lowest BCUT2D eigenvalue weighted by molar-refractivity contribution is 0.767. The van der Waals surface area contributed by atoms with Crippen molar-refractivity contribution in [2.24, 2.45) is 5.92 Å². The van der Waals surface area contributed by atoms with Crippen molar-refractivity contribution in [1.29, 1.82) is 0 Å². The molecule has 0 spiro atoms. The number of allylic oxidation sites excluding steroid dienone is 10. The van der Waals surface area contributed by atoms with Gasteiger partial charge in [0.05, 0.1) is 0 Å². The predicted molar refractivity (Wildman–Crippen MR) is 73.4 cm³/mol. The van der Waals surface area contributed by atoms with Gasteiger partial charge in [-0.3, -0.25) is 0 Å². The normalized spacial score (nSPS) is 28.2. The molecule has 0 N–H and O–H groups in total. The largest absolute Gasteiger partial charge is 0.0770 e. The van der Waals surface area contributed by atoms with Gasteiger partial charge in [-0.05, 0) is 49.3 Å². The fourth-order valence-electron chi connectivity index (χ4n) is 3.01. The standard InChI is InChI=1S/C17H19/c1-11-4-7-16-14(10-11)6-9-15-13(3)12(2)5-8-17(15)16/h4-5,7-8,10,12H,6,9H2,1-3H3. The highest BCUT2D eigenvalue weighted by Crippen LogP contribution is 2.44. The van der Waals surface area contributed by atoms with Gasteiger partial charge in [-0.2, -0.15) is 0 Å². The summed E-state index contributed by atoms with van der Waals surface area (Å²) < 4.78 is 0. The van der Waals surface area contributed by atoms with Crippen molar-refractivity contribution in [2.45, 2.75) is 33.6 Å². The minimum absolute atomic E-state index is 0.612. The summed E-state index contributed by atoms with van der Waals surface area (Å²) in [6.07, 6.45) is 14.0. The van der Waals surface area contributed by atoms with E-state index >= 15 is 0 Å². The zero-order valence-electron chi connectivity index (χ0n) is 10.9. The Hall–Kier alpha value is -1.30. The van der Waals surface area contributed by atoms with Crippen LogP contribution >= 0.6 is 0 Å². The van der Waals surface area contributed by atoms with Crippen LogP contribution in [-0.4, -0.2) is 0 Å². The van der Waals surface area contributed by atoms with Gasteiger partial charge in [0, 0.05) is 5.92 Å². The average molecular weight is 223 g/mol. The third-order valence-electron chi connectivity index (χ3n) is 4.23. The summed E-state index contributed by atoms with van der Waals surface area (Å²) in [6, 6.07) is 0. The zero-order chi connectivity index (χ0) is 12.0. The molecule has 87 valence electrons. The molecular formula is C17H19. The van der Waals surface area contributed by atoms with Crippen LogP contribution in [0.4, 0.5) is 0 Å². The van der Waals surface area contributed by atoms with E-state index in [1.807, 2.05) is 0 Å². The molecule has 1 atom stereocenters. The van der Waals surface area contributed by atoms with Gasteiger partial charge < -0.3 is 0 Å². The first-order valence-electron chi connectivity index (χ1n) is 6.52. The quantitative estimate of drug-likeness (QED) is 0.559. The van der Waals surface area contributed by atoms with Gasteiger partial charge in [-0.1, -0.05) is 48.5 Å². The summed E-state index contributed by atoms with van der Waals surface area (Å²) >= 11 is 0. The molecule has 1 unspecified atom stereocenters. The lowest BCUT2D eigenvalue weighted by atomic mass is 9.72. The van der Waals surface area contributed by atoms with Gasteiger partial charge in [0.25, 0.3) is 0 Å². The summed E-state index contributed by atoms with van der Waals surface area (Å²) in [5.41, 5.74) is 7.47.